The van der Waals surface area contributed by atoms with Crippen LogP contribution in [0, 0.1) is 0 Å². The van der Waals surface area contributed by atoms with Crippen LogP contribution in [-0.4, -0.2) is 9.97 Å². The minimum absolute atomic E-state index is 0. The van der Waals surface area contributed by atoms with E-state index in [4.69, 9.17) is 5.73 Å². The van der Waals surface area contributed by atoms with Crippen molar-refractivity contribution < 1.29 is 0 Å². The zero-order chi connectivity index (χ0) is 8.55. The Balaban J connectivity index is 0.000000845. The number of nitrogens with two attached hydrogens (primary N) is 1. The van der Waals surface area contributed by atoms with Crippen LogP contribution in [-0.2, 0) is 0 Å². The number of H-pyrrole nitrogens is 1. The van der Waals surface area contributed by atoms with E-state index in [2.05, 4.69) is 9.97 Å². The molecule has 3 nitrogen and oxygen atoms in total. The second-order valence-electron chi connectivity index (χ2n) is 2.94. The number of nitrogens with zero attached hydrogens (tertiary/aromatic N) is 1. The molecular weight excluding hydrogens is 186 g/mol. The summed E-state index contributed by atoms with van der Waals surface area (Å²) < 4.78 is 0. The van der Waals surface area contributed by atoms with Gasteiger partial charge in [-0.25, -0.2) is 4.98 Å². The molecule has 0 aliphatic carbocycles. The van der Waals surface area contributed by atoms with Crippen molar-refractivity contribution in [2.45, 2.75) is 13.0 Å². The van der Waals surface area contributed by atoms with E-state index in [0.29, 0.717) is 0 Å². The molecular formula is C9H12ClN3. The van der Waals surface area contributed by atoms with Gasteiger partial charge in [-0.2, -0.15) is 0 Å². The summed E-state index contributed by atoms with van der Waals surface area (Å²) in [7, 11) is 0. The van der Waals surface area contributed by atoms with Crippen LogP contribution < -0.4 is 5.73 Å². The highest BCUT2D eigenvalue weighted by molar-refractivity contribution is 5.85. The van der Waals surface area contributed by atoms with E-state index in [1.54, 1.807) is 0 Å². The molecule has 1 atom stereocenters. The second-order valence-corrected chi connectivity index (χ2v) is 2.94. The molecule has 0 saturated carbocycles. The van der Waals surface area contributed by atoms with Gasteiger partial charge >= 0.3 is 0 Å². The maximum absolute atomic E-state index is 5.70. The minimum atomic E-state index is -0.00213. The largest absolute Gasteiger partial charge is 0.346 e. The Morgan fingerprint density at radius 2 is 2.15 bits per heavy atom. The predicted molar refractivity (Wildman–Crippen MR) is 55.9 cm³/mol. The molecule has 13 heavy (non-hydrogen) atoms. The topological polar surface area (TPSA) is 54.7 Å². The third kappa shape index (κ3) is 1.82. The Kier molecular flexibility index (Phi) is 2.90. The quantitative estimate of drug-likeness (QED) is 0.735. The van der Waals surface area contributed by atoms with Crippen LogP contribution in [0.5, 0.6) is 0 Å². The lowest BCUT2D eigenvalue weighted by Crippen LogP contribution is -2.06. The molecule has 0 radical (unpaired) electrons. The van der Waals surface area contributed by atoms with Gasteiger partial charge in [0, 0.05) is 17.6 Å². The first kappa shape index (κ1) is 10.0. The molecule has 70 valence electrons. The lowest BCUT2D eigenvalue weighted by molar-refractivity contribution is 0.786. The monoisotopic (exact) mass is 197 g/mol. The third-order valence-electron chi connectivity index (χ3n) is 1.90. The van der Waals surface area contributed by atoms with Gasteiger partial charge in [-0.05, 0) is 25.1 Å². The number of halogens is 1. The van der Waals surface area contributed by atoms with Crippen molar-refractivity contribution in [1.29, 1.82) is 0 Å². The molecule has 0 unspecified atom stereocenters. The van der Waals surface area contributed by atoms with Gasteiger partial charge in [0.05, 0.1) is 5.69 Å². The summed E-state index contributed by atoms with van der Waals surface area (Å²) in [6.07, 6.45) is 1.88. The normalized spacial score (nSPS) is 12.5. The van der Waals surface area contributed by atoms with Crippen molar-refractivity contribution in [2.24, 2.45) is 5.73 Å². The number of hydrogen-bond donors (Lipinski definition) is 2. The molecule has 0 amide bonds. The van der Waals surface area contributed by atoms with Crippen molar-refractivity contribution in [2.75, 3.05) is 0 Å². The molecule has 4 heteroatoms. The lowest BCUT2D eigenvalue weighted by Gasteiger charge is -2.02. The fourth-order valence-electron chi connectivity index (χ4n) is 1.20. The van der Waals surface area contributed by atoms with Gasteiger partial charge in [0.2, 0.25) is 0 Å². The molecule has 2 aromatic heterocycles. The average Bonchev–Trinajstić information content (AvgIpc) is 2.49. The summed E-state index contributed by atoms with van der Waals surface area (Å²) in [6, 6.07) is 5.98. The zero-order valence-corrected chi connectivity index (χ0v) is 8.14. The SMILES string of the molecule is C[C@@H](N)c1ccc2cc[nH]c2n1.Cl. The van der Waals surface area contributed by atoms with E-state index in [-0.39, 0.29) is 18.4 Å². The first-order valence-corrected chi connectivity index (χ1v) is 3.97. The van der Waals surface area contributed by atoms with Gasteiger partial charge in [-0.3, -0.25) is 0 Å². The van der Waals surface area contributed by atoms with Crippen molar-refractivity contribution in [3.63, 3.8) is 0 Å². The number of nitrogens with one attached hydrogen (secondary N) is 1. The van der Waals surface area contributed by atoms with Crippen molar-refractivity contribution in [3.8, 4) is 0 Å². The van der Waals surface area contributed by atoms with E-state index in [1.807, 2.05) is 31.3 Å². The predicted octanol–water partition coefficient (Wildman–Crippen LogP) is 2.00. The van der Waals surface area contributed by atoms with Gasteiger partial charge < -0.3 is 10.7 Å². The van der Waals surface area contributed by atoms with E-state index < -0.39 is 0 Å². The fourth-order valence-corrected chi connectivity index (χ4v) is 1.20. The molecule has 0 aromatic carbocycles. The smallest absolute Gasteiger partial charge is 0.137 e. The fraction of sp³-hybridized carbons (Fsp3) is 0.222. The summed E-state index contributed by atoms with van der Waals surface area (Å²) in [6.45, 7) is 1.93. The molecule has 0 fully saturated rings. The zero-order valence-electron chi connectivity index (χ0n) is 7.32. The Labute approximate surface area is 82.8 Å². The molecule has 0 bridgehead atoms. The van der Waals surface area contributed by atoms with E-state index in [1.165, 1.54) is 0 Å². The third-order valence-corrected chi connectivity index (χ3v) is 1.90. The summed E-state index contributed by atoms with van der Waals surface area (Å²) in [4.78, 5) is 7.40. The Bertz CT molecular complexity index is 394. The summed E-state index contributed by atoms with van der Waals surface area (Å²) in [5, 5.41) is 1.12. The number of rotatable bonds is 1. The molecule has 2 heterocycles. The molecule has 2 rings (SSSR count). The number of hydrogen-bond acceptors (Lipinski definition) is 2. The molecule has 2 aromatic rings. The Morgan fingerprint density at radius 3 is 2.85 bits per heavy atom. The molecule has 0 saturated heterocycles. The average molecular weight is 198 g/mol. The van der Waals surface area contributed by atoms with Crippen molar-refractivity contribution in [1.82, 2.24) is 9.97 Å². The van der Waals surface area contributed by atoms with Crippen LogP contribution in [0.15, 0.2) is 24.4 Å². The Morgan fingerprint density at radius 1 is 1.38 bits per heavy atom. The van der Waals surface area contributed by atoms with Crippen LogP contribution in [0.1, 0.15) is 18.7 Å². The molecule has 0 aliphatic heterocycles. The van der Waals surface area contributed by atoms with E-state index in [9.17, 15) is 0 Å². The number of aromatic nitrogens is 2. The first-order chi connectivity index (χ1) is 5.77. The second kappa shape index (κ2) is 3.77. The van der Waals surface area contributed by atoms with Crippen LogP contribution in [0.4, 0.5) is 0 Å². The van der Waals surface area contributed by atoms with Crippen LogP contribution >= 0.6 is 12.4 Å². The Hall–Kier alpha value is -1.06. The van der Waals surface area contributed by atoms with Gasteiger partial charge in [-0.15, -0.1) is 12.4 Å². The van der Waals surface area contributed by atoms with Crippen LogP contribution in [0.3, 0.4) is 0 Å². The van der Waals surface area contributed by atoms with Gasteiger partial charge in [0.25, 0.3) is 0 Å². The lowest BCUT2D eigenvalue weighted by atomic mass is 10.2. The highest BCUT2D eigenvalue weighted by Crippen LogP contribution is 2.13. The molecule has 3 N–H and O–H groups in total. The van der Waals surface area contributed by atoms with Crippen LogP contribution in [0.2, 0.25) is 0 Å². The van der Waals surface area contributed by atoms with Crippen molar-refractivity contribution in [3.05, 3.63) is 30.1 Å². The van der Waals surface area contributed by atoms with Crippen LogP contribution in [0.25, 0.3) is 11.0 Å². The highest BCUT2D eigenvalue weighted by Gasteiger charge is 2.01. The number of aromatic amines is 1. The van der Waals surface area contributed by atoms with Gasteiger partial charge in [0.1, 0.15) is 5.65 Å². The molecule has 0 aliphatic rings. The summed E-state index contributed by atoms with van der Waals surface area (Å²) in [5.74, 6) is 0. The van der Waals surface area contributed by atoms with Gasteiger partial charge in [-0.1, -0.05) is 0 Å². The van der Waals surface area contributed by atoms with E-state index >= 15 is 0 Å². The van der Waals surface area contributed by atoms with E-state index in [0.717, 1.165) is 16.7 Å². The first-order valence-electron chi connectivity index (χ1n) is 3.97. The maximum atomic E-state index is 5.70. The summed E-state index contributed by atoms with van der Waals surface area (Å²) in [5.41, 5.74) is 7.53. The van der Waals surface area contributed by atoms with Gasteiger partial charge in [0.15, 0.2) is 0 Å². The maximum Gasteiger partial charge on any atom is 0.137 e. The minimum Gasteiger partial charge on any atom is -0.346 e. The number of fused-ring (bicyclic) bond motifs is 1. The standard InChI is InChI=1S/C9H11N3.ClH/c1-6(10)8-3-2-7-4-5-11-9(7)12-8;/h2-6H,10H2,1H3,(H,11,12);1H/t6-;/m1./s1. The summed E-state index contributed by atoms with van der Waals surface area (Å²) >= 11 is 0. The number of pyridine rings is 1. The van der Waals surface area contributed by atoms with Crippen molar-refractivity contribution >= 4 is 23.4 Å². The molecule has 0 spiro atoms. The highest BCUT2D eigenvalue weighted by atomic mass is 35.5.